The molecule has 6 nitrogen and oxygen atoms in total. The molecule has 0 fully saturated rings. The Hall–Kier alpha value is -2.25. The number of halogens is 2. The van der Waals surface area contributed by atoms with E-state index < -0.39 is 0 Å². The topological polar surface area (TPSA) is 74.6 Å². The normalized spacial score (nSPS) is 11.1. The number of aromatic nitrogens is 2. The Morgan fingerprint density at radius 1 is 1.12 bits per heavy atom. The fraction of sp³-hybridized carbons (Fsp3) is 0.125. The summed E-state index contributed by atoms with van der Waals surface area (Å²) < 4.78 is 0.991. The van der Waals surface area contributed by atoms with E-state index >= 15 is 0 Å². The number of nitrogens with one attached hydrogen (secondary N) is 2. The summed E-state index contributed by atoms with van der Waals surface area (Å²) in [5.74, 6) is 1.19. The van der Waals surface area contributed by atoms with Crippen molar-refractivity contribution in [3.05, 3.63) is 53.3 Å². The fourth-order valence-corrected chi connectivity index (χ4v) is 2.58. The van der Waals surface area contributed by atoms with Crippen molar-refractivity contribution in [3.63, 3.8) is 0 Å². The smallest absolute Gasteiger partial charge is 0.141 e. The van der Waals surface area contributed by atoms with E-state index in [0.29, 0.717) is 23.9 Å². The van der Waals surface area contributed by atoms with Crippen molar-refractivity contribution in [2.75, 3.05) is 17.7 Å². The third-order valence-electron chi connectivity index (χ3n) is 3.15. The van der Waals surface area contributed by atoms with Gasteiger partial charge in [0.15, 0.2) is 0 Å². The molecule has 1 aromatic heterocycles. The van der Waals surface area contributed by atoms with Gasteiger partial charge >= 0.3 is 0 Å². The lowest BCUT2D eigenvalue weighted by molar-refractivity contribution is 0.735. The van der Waals surface area contributed by atoms with Crippen molar-refractivity contribution < 1.29 is 0 Å². The van der Waals surface area contributed by atoms with Crippen molar-refractivity contribution in [1.29, 1.82) is 0 Å². The molecule has 0 unspecified atom stereocenters. The van der Waals surface area contributed by atoms with Crippen LogP contribution < -0.4 is 10.7 Å². The van der Waals surface area contributed by atoms with Crippen LogP contribution in [0.5, 0.6) is 0 Å². The first kappa shape index (κ1) is 16.6. The standard InChI is InChI=1S/C16H14BrClN6/c17-11-2-1-3-12(8-11)22-16-14-9-13(23-24-21-7-6-18)4-5-15(14)19-10-20-16/h1-5,8-10H,6-7H2,(H,21,23)(H,19,20,22). The highest BCUT2D eigenvalue weighted by molar-refractivity contribution is 9.10. The maximum Gasteiger partial charge on any atom is 0.141 e. The molecule has 2 aromatic carbocycles. The maximum atomic E-state index is 5.58. The van der Waals surface area contributed by atoms with E-state index in [9.17, 15) is 0 Å². The second-order valence-electron chi connectivity index (χ2n) is 4.86. The average molecular weight is 406 g/mol. The first-order valence-electron chi connectivity index (χ1n) is 7.23. The third kappa shape index (κ3) is 4.18. The highest BCUT2D eigenvalue weighted by Crippen LogP contribution is 2.27. The molecule has 0 atom stereocenters. The van der Waals surface area contributed by atoms with Gasteiger partial charge in [0, 0.05) is 28.0 Å². The molecule has 122 valence electrons. The van der Waals surface area contributed by atoms with Gasteiger partial charge in [0.2, 0.25) is 0 Å². The zero-order valence-electron chi connectivity index (χ0n) is 12.6. The van der Waals surface area contributed by atoms with Gasteiger partial charge in [-0.25, -0.2) is 9.97 Å². The largest absolute Gasteiger partial charge is 0.340 e. The van der Waals surface area contributed by atoms with Gasteiger partial charge in [-0.2, -0.15) is 0 Å². The van der Waals surface area contributed by atoms with E-state index in [2.05, 4.69) is 47.0 Å². The molecule has 0 saturated heterocycles. The minimum absolute atomic E-state index is 0.477. The summed E-state index contributed by atoms with van der Waals surface area (Å²) in [6.45, 7) is 0.567. The lowest BCUT2D eigenvalue weighted by atomic mass is 10.2. The third-order valence-corrected chi connectivity index (χ3v) is 3.83. The summed E-state index contributed by atoms with van der Waals surface area (Å²) in [7, 11) is 0. The first-order chi connectivity index (χ1) is 11.8. The fourth-order valence-electron chi connectivity index (χ4n) is 2.09. The molecule has 1 heterocycles. The Kier molecular flexibility index (Phi) is 5.55. The van der Waals surface area contributed by atoms with E-state index in [-0.39, 0.29) is 0 Å². The Morgan fingerprint density at radius 3 is 2.88 bits per heavy atom. The minimum atomic E-state index is 0.477. The number of benzene rings is 2. The number of hydrogen-bond donors (Lipinski definition) is 2. The van der Waals surface area contributed by atoms with E-state index in [4.69, 9.17) is 11.6 Å². The summed E-state index contributed by atoms with van der Waals surface area (Å²) in [6.07, 6.45) is 1.53. The minimum Gasteiger partial charge on any atom is -0.340 e. The average Bonchev–Trinajstić information content (AvgIpc) is 2.59. The number of alkyl halides is 1. The molecule has 0 aliphatic heterocycles. The molecule has 0 spiro atoms. The number of nitrogens with zero attached hydrogens (tertiary/aromatic N) is 4. The van der Waals surface area contributed by atoms with Crippen LogP contribution in [0.3, 0.4) is 0 Å². The highest BCUT2D eigenvalue weighted by atomic mass is 79.9. The number of fused-ring (bicyclic) bond motifs is 1. The number of anilines is 2. The van der Waals surface area contributed by atoms with Crippen LogP contribution in [-0.2, 0) is 0 Å². The molecule has 0 amide bonds. The lowest BCUT2D eigenvalue weighted by Gasteiger charge is -2.09. The van der Waals surface area contributed by atoms with Gasteiger partial charge < -0.3 is 5.32 Å². The van der Waals surface area contributed by atoms with Crippen LogP contribution in [-0.4, -0.2) is 22.4 Å². The Balaban J connectivity index is 1.91. The van der Waals surface area contributed by atoms with Crippen molar-refractivity contribution >= 4 is 55.6 Å². The quantitative estimate of drug-likeness (QED) is 0.263. The lowest BCUT2D eigenvalue weighted by Crippen LogP contribution is -2.06. The van der Waals surface area contributed by atoms with E-state index in [1.54, 1.807) is 0 Å². The SMILES string of the molecule is ClCCN/N=N/c1ccc2ncnc(Nc3cccc(Br)c3)c2c1. The van der Waals surface area contributed by atoms with Crippen LogP contribution in [0.4, 0.5) is 17.2 Å². The van der Waals surface area contributed by atoms with E-state index in [0.717, 1.165) is 21.1 Å². The van der Waals surface area contributed by atoms with Gasteiger partial charge in [-0.1, -0.05) is 27.2 Å². The van der Waals surface area contributed by atoms with Crippen LogP contribution in [0.1, 0.15) is 0 Å². The first-order valence-corrected chi connectivity index (χ1v) is 8.56. The molecule has 3 aromatic rings. The van der Waals surface area contributed by atoms with Crippen molar-refractivity contribution in [1.82, 2.24) is 15.4 Å². The molecular weight excluding hydrogens is 392 g/mol. The van der Waals surface area contributed by atoms with E-state index in [1.807, 2.05) is 42.5 Å². The Bertz CT molecular complexity index is 870. The predicted octanol–water partition coefficient (Wildman–Crippen LogP) is 4.96. The molecule has 0 aliphatic carbocycles. The maximum absolute atomic E-state index is 5.58. The summed E-state index contributed by atoms with van der Waals surface area (Å²) in [5.41, 5.74) is 5.23. The molecule has 0 radical (unpaired) electrons. The monoisotopic (exact) mass is 404 g/mol. The predicted molar refractivity (Wildman–Crippen MR) is 100 cm³/mol. The zero-order valence-corrected chi connectivity index (χ0v) is 14.9. The van der Waals surface area contributed by atoms with E-state index in [1.165, 1.54) is 6.33 Å². The van der Waals surface area contributed by atoms with Gasteiger partial charge in [0.1, 0.15) is 12.1 Å². The zero-order chi connectivity index (χ0) is 16.8. The molecular formula is C16H14BrClN6. The van der Waals surface area contributed by atoms with Crippen LogP contribution >= 0.6 is 27.5 Å². The molecule has 0 saturated carbocycles. The molecule has 8 heteroatoms. The summed E-state index contributed by atoms with van der Waals surface area (Å²) in [5, 5.41) is 12.2. The molecule has 0 aliphatic rings. The van der Waals surface area contributed by atoms with Gasteiger partial charge in [-0.05, 0) is 36.4 Å². The van der Waals surface area contributed by atoms with Crippen molar-refractivity contribution in [2.24, 2.45) is 10.3 Å². The van der Waals surface area contributed by atoms with Crippen LogP contribution in [0.25, 0.3) is 10.9 Å². The van der Waals surface area contributed by atoms with Crippen LogP contribution in [0, 0.1) is 0 Å². The molecule has 2 N–H and O–H groups in total. The molecule has 3 rings (SSSR count). The summed E-state index contributed by atoms with van der Waals surface area (Å²) in [4.78, 5) is 8.63. The Labute approximate surface area is 152 Å². The van der Waals surface area contributed by atoms with Crippen molar-refractivity contribution in [2.45, 2.75) is 0 Å². The summed E-state index contributed by atoms with van der Waals surface area (Å²) in [6, 6.07) is 13.5. The van der Waals surface area contributed by atoms with Gasteiger partial charge in [-0.15, -0.1) is 16.7 Å². The van der Waals surface area contributed by atoms with Gasteiger partial charge in [-0.3, -0.25) is 5.43 Å². The highest BCUT2D eigenvalue weighted by Gasteiger charge is 2.05. The van der Waals surface area contributed by atoms with Gasteiger partial charge in [0.05, 0.1) is 11.2 Å². The molecule has 0 bridgehead atoms. The Morgan fingerprint density at radius 2 is 2.04 bits per heavy atom. The van der Waals surface area contributed by atoms with Crippen LogP contribution in [0.15, 0.2) is 63.6 Å². The number of rotatable bonds is 6. The second-order valence-corrected chi connectivity index (χ2v) is 6.15. The van der Waals surface area contributed by atoms with Crippen molar-refractivity contribution in [3.8, 4) is 0 Å². The second kappa shape index (κ2) is 8.03. The number of hydrogen-bond acceptors (Lipinski definition) is 5. The summed E-state index contributed by atoms with van der Waals surface area (Å²) >= 11 is 9.04. The van der Waals surface area contributed by atoms with Crippen LogP contribution in [0.2, 0.25) is 0 Å². The molecule has 24 heavy (non-hydrogen) atoms. The van der Waals surface area contributed by atoms with Gasteiger partial charge in [0.25, 0.3) is 0 Å².